The minimum atomic E-state index is -1.41. The second kappa shape index (κ2) is 10.1. The molecular formula is C21H22ClF3N2O2. The molecule has 1 aromatic heterocycles. The van der Waals surface area contributed by atoms with Crippen LogP contribution in [0.1, 0.15) is 43.7 Å². The molecule has 8 heteroatoms. The van der Waals surface area contributed by atoms with Crippen molar-refractivity contribution in [3.8, 4) is 0 Å². The van der Waals surface area contributed by atoms with E-state index in [1.54, 1.807) is 6.92 Å². The monoisotopic (exact) mass is 426 g/mol. The molecule has 1 aliphatic heterocycles. The van der Waals surface area contributed by atoms with Gasteiger partial charge in [-0.15, -0.1) is 0 Å². The summed E-state index contributed by atoms with van der Waals surface area (Å²) in [5.41, 5.74) is -1.83. The van der Waals surface area contributed by atoms with Gasteiger partial charge in [0.15, 0.2) is 0 Å². The van der Waals surface area contributed by atoms with Crippen molar-refractivity contribution >= 4 is 17.5 Å². The Kier molecular flexibility index (Phi) is 8.45. The first-order chi connectivity index (χ1) is 13.6. The topological polar surface area (TPSA) is 51.1 Å². The zero-order chi connectivity index (χ0) is 22.4. The summed E-state index contributed by atoms with van der Waals surface area (Å²) in [7, 11) is 0. The van der Waals surface area contributed by atoms with Crippen molar-refractivity contribution in [2.75, 3.05) is 0 Å². The van der Waals surface area contributed by atoms with Gasteiger partial charge in [0.05, 0.1) is 0 Å². The molecule has 156 valence electrons. The minimum Gasteiger partial charge on any atom is -0.324 e. The number of benzene rings is 1. The third-order valence-electron chi connectivity index (χ3n) is 3.97. The van der Waals surface area contributed by atoms with Gasteiger partial charge >= 0.3 is 0 Å². The number of carbonyl (C=O) groups excluding carboxylic acids is 1. The first-order valence-corrected chi connectivity index (χ1v) is 9.17. The second-order valence-electron chi connectivity index (χ2n) is 5.77. The van der Waals surface area contributed by atoms with Gasteiger partial charge in [-0.2, -0.15) is 0 Å². The molecule has 29 heavy (non-hydrogen) atoms. The summed E-state index contributed by atoms with van der Waals surface area (Å²) >= 11 is 5.80. The fraction of sp³-hybridized carbons (Fsp3) is 0.238. The van der Waals surface area contributed by atoms with Crippen molar-refractivity contribution in [2.24, 2.45) is 0 Å². The Hall–Kier alpha value is -2.80. The lowest BCUT2D eigenvalue weighted by molar-refractivity contribution is 0.0941. The fourth-order valence-corrected chi connectivity index (χ4v) is 2.78. The number of allylic oxidation sites excluding steroid dienone is 3. The highest BCUT2D eigenvalue weighted by Gasteiger charge is 2.41. The Morgan fingerprint density at radius 3 is 2.17 bits per heavy atom. The summed E-state index contributed by atoms with van der Waals surface area (Å²) in [6.07, 6.45) is 2.52. The van der Waals surface area contributed by atoms with Gasteiger partial charge in [-0.05, 0) is 44.2 Å². The molecule has 0 spiro atoms. The van der Waals surface area contributed by atoms with Crippen LogP contribution < -0.4 is 10.9 Å². The number of fused-ring (bicyclic) bond motifs is 1. The number of amides is 1. The highest BCUT2D eigenvalue weighted by atomic mass is 35.5. The molecule has 0 saturated heterocycles. The van der Waals surface area contributed by atoms with Gasteiger partial charge in [0.2, 0.25) is 0 Å². The first kappa shape index (κ1) is 24.2. The van der Waals surface area contributed by atoms with Gasteiger partial charge in [0, 0.05) is 11.6 Å². The maximum Gasteiger partial charge on any atom is 0.272 e. The van der Waals surface area contributed by atoms with Crippen LogP contribution in [0.2, 0.25) is 5.02 Å². The molecule has 2 heterocycles. The van der Waals surface area contributed by atoms with Crippen molar-refractivity contribution in [2.45, 2.75) is 33.4 Å². The smallest absolute Gasteiger partial charge is 0.272 e. The molecular weight excluding hydrogens is 405 g/mol. The average Bonchev–Trinajstić information content (AvgIpc) is 2.97. The SMILES string of the molecule is C=C/C(F)=C\C.CC.CC1(c2cc(F)cc(F)c2)NC(=O)c2ccc(Cl)c(=O)n21. The maximum absolute atomic E-state index is 13.4. The van der Waals surface area contributed by atoms with Crippen LogP contribution >= 0.6 is 11.6 Å². The number of rotatable bonds is 2. The number of carbonyl (C=O) groups is 1. The van der Waals surface area contributed by atoms with E-state index in [-0.39, 0.29) is 22.1 Å². The summed E-state index contributed by atoms with van der Waals surface area (Å²) in [6.45, 7) is 10.3. The van der Waals surface area contributed by atoms with Crippen molar-refractivity contribution in [3.05, 3.63) is 93.2 Å². The fourth-order valence-electron chi connectivity index (χ4n) is 2.63. The quantitative estimate of drug-likeness (QED) is 0.661. The molecule has 1 unspecified atom stereocenters. The molecule has 0 saturated carbocycles. The molecule has 1 atom stereocenters. The Morgan fingerprint density at radius 2 is 1.72 bits per heavy atom. The standard InChI is InChI=1S/C14H9ClF2N2O2.C5H7F.C2H6/c1-14(7-4-8(16)6-9(17)5-7)18-12(20)11-3-2-10(15)13(21)19(11)14;1-3-5(6)4-2;1-2/h2-6H,1H3,(H,18,20);3-4H,1H2,2H3;1-2H3/b;5-4+;. The lowest BCUT2D eigenvalue weighted by Gasteiger charge is -2.27. The Bertz CT molecular complexity index is 982. The number of nitrogens with one attached hydrogen (secondary N) is 1. The molecule has 0 aliphatic carbocycles. The van der Waals surface area contributed by atoms with E-state index in [0.717, 1.165) is 16.7 Å². The van der Waals surface area contributed by atoms with Gasteiger partial charge < -0.3 is 5.32 Å². The summed E-state index contributed by atoms with van der Waals surface area (Å²) in [4.78, 5) is 24.2. The molecule has 3 rings (SSSR count). The zero-order valence-electron chi connectivity index (χ0n) is 16.5. The third-order valence-corrected chi connectivity index (χ3v) is 4.26. The van der Waals surface area contributed by atoms with E-state index >= 15 is 0 Å². The van der Waals surface area contributed by atoms with Crippen LogP contribution in [0.3, 0.4) is 0 Å². The number of halogens is 4. The number of aromatic nitrogens is 1. The normalized spacial score (nSPS) is 17.2. The summed E-state index contributed by atoms with van der Waals surface area (Å²) < 4.78 is 39.6. The van der Waals surface area contributed by atoms with E-state index in [2.05, 4.69) is 11.9 Å². The average molecular weight is 427 g/mol. The lowest BCUT2D eigenvalue weighted by atomic mass is 10.0. The van der Waals surface area contributed by atoms with Crippen molar-refractivity contribution < 1.29 is 18.0 Å². The molecule has 0 bridgehead atoms. The van der Waals surface area contributed by atoms with Crippen LogP contribution in [0, 0.1) is 11.6 Å². The number of hydrogen-bond acceptors (Lipinski definition) is 2. The van der Waals surface area contributed by atoms with Crippen molar-refractivity contribution in [3.63, 3.8) is 0 Å². The number of nitrogens with zero attached hydrogens (tertiary/aromatic N) is 1. The van der Waals surface area contributed by atoms with Gasteiger partial charge in [-0.1, -0.05) is 38.1 Å². The highest BCUT2D eigenvalue weighted by Crippen LogP contribution is 2.30. The maximum atomic E-state index is 13.4. The predicted molar refractivity (Wildman–Crippen MR) is 109 cm³/mol. The third kappa shape index (κ3) is 5.17. The minimum absolute atomic E-state index is 0.0802. The van der Waals surface area contributed by atoms with E-state index in [9.17, 15) is 22.8 Å². The predicted octanol–water partition coefficient (Wildman–Crippen LogP) is 5.32. The Balaban J connectivity index is 0.000000454. The van der Waals surface area contributed by atoms with E-state index in [0.29, 0.717) is 6.07 Å². The van der Waals surface area contributed by atoms with Gasteiger partial charge in [0.25, 0.3) is 11.5 Å². The Morgan fingerprint density at radius 1 is 1.17 bits per heavy atom. The summed E-state index contributed by atoms with van der Waals surface area (Å²) in [6, 6.07) is 5.54. The zero-order valence-corrected chi connectivity index (χ0v) is 17.3. The van der Waals surface area contributed by atoms with Gasteiger partial charge in [-0.3, -0.25) is 14.2 Å². The molecule has 1 aromatic carbocycles. The molecule has 1 amide bonds. The lowest BCUT2D eigenvalue weighted by Crippen LogP contribution is -2.45. The van der Waals surface area contributed by atoms with Crippen LogP contribution in [0.4, 0.5) is 13.2 Å². The van der Waals surface area contributed by atoms with E-state index < -0.39 is 28.8 Å². The summed E-state index contributed by atoms with van der Waals surface area (Å²) in [5, 5.41) is 2.48. The summed E-state index contributed by atoms with van der Waals surface area (Å²) in [5.74, 6) is -2.39. The molecule has 0 fully saturated rings. The van der Waals surface area contributed by atoms with Crippen LogP contribution in [0.25, 0.3) is 0 Å². The molecule has 4 nitrogen and oxygen atoms in total. The number of pyridine rings is 1. The first-order valence-electron chi connectivity index (χ1n) is 8.79. The molecule has 0 radical (unpaired) electrons. The largest absolute Gasteiger partial charge is 0.324 e. The van der Waals surface area contributed by atoms with Gasteiger partial charge in [-0.25, -0.2) is 13.2 Å². The molecule has 1 aliphatic rings. The Labute approximate surface area is 172 Å². The van der Waals surface area contributed by atoms with Crippen LogP contribution in [0.15, 0.2) is 59.7 Å². The molecule has 2 aromatic rings. The van der Waals surface area contributed by atoms with Crippen molar-refractivity contribution in [1.82, 2.24) is 9.88 Å². The van der Waals surface area contributed by atoms with E-state index in [4.69, 9.17) is 11.6 Å². The van der Waals surface area contributed by atoms with Crippen LogP contribution in [0.5, 0.6) is 0 Å². The van der Waals surface area contributed by atoms with Crippen LogP contribution in [-0.2, 0) is 5.66 Å². The highest BCUT2D eigenvalue weighted by molar-refractivity contribution is 6.30. The van der Waals surface area contributed by atoms with Crippen LogP contribution in [-0.4, -0.2) is 10.5 Å². The number of hydrogen-bond donors (Lipinski definition) is 1. The van der Waals surface area contributed by atoms with E-state index in [1.807, 2.05) is 13.8 Å². The van der Waals surface area contributed by atoms with E-state index in [1.165, 1.54) is 31.2 Å². The second-order valence-corrected chi connectivity index (χ2v) is 6.18. The molecule has 1 N–H and O–H groups in total. The van der Waals surface area contributed by atoms with Crippen molar-refractivity contribution in [1.29, 1.82) is 0 Å². The van der Waals surface area contributed by atoms with Gasteiger partial charge in [0.1, 0.15) is 33.8 Å².